The van der Waals surface area contributed by atoms with Crippen LogP contribution in [0.25, 0.3) is 0 Å². The largest absolute Gasteiger partial charge is 0.330 e. The third-order valence-corrected chi connectivity index (χ3v) is 6.98. The molecule has 1 aliphatic rings. The molecule has 0 aromatic carbocycles. The molecule has 1 fully saturated rings. The van der Waals surface area contributed by atoms with Crippen molar-refractivity contribution >= 4 is 21.4 Å². The van der Waals surface area contributed by atoms with Crippen LogP contribution in [0.1, 0.15) is 25.0 Å². The first-order chi connectivity index (χ1) is 8.95. The van der Waals surface area contributed by atoms with Gasteiger partial charge in [0.15, 0.2) is 4.21 Å². The summed E-state index contributed by atoms with van der Waals surface area (Å²) >= 11 is 0.765. The van der Waals surface area contributed by atoms with Gasteiger partial charge in [0.2, 0.25) is 0 Å². The molecule has 8 heteroatoms. The van der Waals surface area contributed by atoms with Crippen molar-refractivity contribution in [3.63, 3.8) is 0 Å². The summed E-state index contributed by atoms with van der Waals surface area (Å²) in [7, 11) is -3.52. The van der Waals surface area contributed by atoms with Crippen molar-refractivity contribution in [2.24, 2.45) is 11.7 Å². The molecule has 2 heterocycles. The average Bonchev–Trinajstić information content (AvgIpc) is 2.70. The Labute approximate surface area is 116 Å². The van der Waals surface area contributed by atoms with E-state index in [2.05, 4.69) is 4.98 Å². The van der Waals surface area contributed by atoms with Gasteiger partial charge in [0, 0.05) is 18.8 Å². The zero-order chi connectivity index (χ0) is 14.0. The lowest BCUT2D eigenvalue weighted by molar-refractivity contribution is 0.266. The Bertz CT molecular complexity index is 583. The van der Waals surface area contributed by atoms with Crippen molar-refractivity contribution in [2.75, 3.05) is 19.6 Å². The number of aryl methyl sites for hydroxylation is 1. The number of thiazole rings is 1. The van der Waals surface area contributed by atoms with E-state index in [1.165, 1.54) is 4.31 Å². The third-order valence-electron chi connectivity index (χ3n) is 3.50. The molecule has 108 valence electrons. The molecule has 0 amide bonds. The molecule has 1 aliphatic heterocycles. The molecule has 0 spiro atoms. The fourth-order valence-electron chi connectivity index (χ4n) is 2.43. The van der Waals surface area contributed by atoms with Gasteiger partial charge < -0.3 is 10.7 Å². The summed E-state index contributed by atoms with van der Waals surface area (Å²) in [5.74, 6) is 0.516. The fraction of sp³-hybridized carbons (Fsp3) is 0.727. The van der Waals surface area contributed by atoms with E-state index in [0.717, 1.165) is 30.6 Å². The molecule has 1 aromatic heterocycles. The standard InChI is InChI=1S/C11H19N3O3S2/c1-8-10(18-11(15)13-8)19(16,17)14-6-3-9(2-5-12)4-7-14/h9H,2-7,12H2,1H3,(H,13,15). The highest BCUT2D eigenvalue weighted by Crippen LogP contribution is 2.27. The summed E-state index contributed by atoms with van der Waals surface area (Å²) < 4.78 is 26.5. The van der Waals surface area contributed by atoms with Crippen molar-refractivity contribution in [3.05, 3.63) is 15.4 Å². The highest BCUT2D eigenvalue weighted by molar-refractivity contribution is 7.91. The molecule has 6 nitrogen and oxygen atoms in total. The molecule has 0 bridgehead atoms. The van der Waals surface area contributed by atoms with Crippen molar-refractivity contribution in [1.82, 2.24) is 9.29 Å². The monoisotopic (exact) mass is 305 g/mol. The molecular formula is C11H19N3O3S2. The summed E-state index contributed by atoms with van der Waals surface area (Å²) in [6, 6.07) is 0. The first-order valence-corrected chi connectivity index (χ1v) is 8.60. The van der Waals surface area contributed by atoms with Gasteiger partial charge in [-0.25, -0.2) is 8.42 Å². The van der Waals surface area contributed by atoms with Crippen LogP contribution in [-0.2, 0) is 10.0 Å². The Balaban J connectivity index is 2.14. The average molecular weight is 305 g/mol. The number of hydrogen-bond donors (Lipinski definition) is 2. The Morgan fingerprint density at radius 3 is 2.53 bits per heavy atom. The topological polar surface area (TPSA) is 96.3 Å². The van der Waals surface area contributed by atoms with Crippen LogP contribution >= 0.6 is 11.3 Å². The van der Waals surface area contributed by atoms with E-state index in [9.17, 15) is 13.2 Å². The highest BCUT2D eigenvalue weighted by Gasteiger charge is 2.31. The molecule has 0 unspecified atom stereocenters. The van der Waals surface area contributed by atoms with Crippen LogP contribution in [0.2, 0.25) is 0 Å². The molecule has 0 aliphatic carbocycles. The Morgan fingerprint density at radius 2 is 2.05 bits per heavy atom. The summed E-state index contributed by atoms with van der Waals surface area (Å²) in [6.45, 7) is 3.29. The van der Waals surface area contributed by atoms with Gasteiger partial charge in [-0.2, -0.15) is 4.31 Å². The lowest BCUT2D eigenvalue weighted by Crippen LogP contribution is -2.38. The van der Waals surface area contributed by atoms with Crippen LogP contribution in [0.3, 0.4) is 0 Å². The lowest BCUT2D eigenvalue weighted by atomic mass is 9.95. The van der Waals surface area contributed by atoms with E-state index in [0.29, 0.717) is 31.2 Å². The summed E-state index contributed by atoms with van der Waals surface area (Å²) in [4.78, 5) is 13.4. The van der Waals surface area contributed by atoms with Gasteiger partial charge in [-0.15, -0.1) is 0 Å². The first kappa shape index (κ1) is 14.7. The Morgan fingerprint density at radius 1 is 1.42 bits per heavy atom. The summed E-state index contributed by atoms with van der Waals surface area (Å²) in [6.07, 6.45) is 2.63. The number of nitrogens with zero attached hydrogens (tertiary/aromatic N) is 1. The summed E-state index contributed by atoms with van der Waals surface area (Å²) in [5, 5.41) is 0. The van der Waals surface area contributed by atoms with Gasteiger partial charge in [-0.3, -0.25) is 4.79 Å². The highest BCUT2D eigenvalue weighted by atomic mass is 32.2. The fourth-order valence-corrected chi connectivity index (χ4v) is 5.33. The number of aromatic nitrogens is 1. The van der Waals surface area contributed by atoms with Crippen LogP contribution in [-0.4, -0.2) is 37.3 Å². The molecule has 3 N–H and O–H groups in total. The minimum Gasteiger partial charge on any atom is -0.330 e. The molecule has 2 rings (SSSR count). The molecule has 0 radical (unpaired) electrons. The quantitative estimate of drug-likeness (QED) is 0.846. The van der Waals surface area contributed by atoms with Crippen LogP contribution in [0.15, 0.2) is 9.00 Å². The molecule has 1 saturated heterocycles. The van der Waals surface area contributed by atoms with Crippen molar-refractivity contribution in [1.29, 1.82) is 0 Å². The predicted octanol–water partition coefficient (Wildman–Crippen LogP) is 0.494. The molecule has 1 aromatic rings. The molecular weight excluding hydrogens is 286 g/mol. The lowest BCUT2D eigenvalue weighted by Gasteiger charge is -2.30. The van der Waals surface area contributed by atoms with Crippen LogP contribution in [0, 0.1) is 12.8 Å². The number of hydrogen-bond acceptors (Lipinski definition) is 5. The minimum absolute atomic E-state index is 0.148. The van der Waals surface area contributed by atoms with E-state index in [1.54, 1.807) is 6.92 Å². The summed E-state index contributed by atoms with van der Waals surface area (Å²) in [5.41, 5.74) is 5.95. The maximum atomic E-state index is 12.4. The van der Waals surface area contributed by atoms with Gasteiger partial charge >= 0.3 is 4.87 Å². The third kappa shape index (κ3) is 3.07. The van der Waals surface area contributed by atoms with Crippen LogP contribution in [0.4, 0.5) is 0 Å². The van der Waals surface area contributed by atoms with Crippen molar-refractivity contribution in [3.8, 4) is 0 Å². The van der Waals surface area contributed by atoms with Gasteiger partial charge in [0.05, 0.1) is 0 Å². The Kier molecular flexibility index (Phi) is 4.44. The van der Waals surface area contributed by atoms with E-state index >= 15 is 0 Å². The van der Waals surface area contributed by atoms with Crippen LogP contribution in [0.5, 0.6) is 0 Å². The number of nitrogens with one attached hydrogen (secondary N) is 1. The van der Waals surface area contributed by atoms with Gasteiger partial charge in [-0.1, -0.05) is 11.3 Å². The maximum Gasteiger partial charge on any atom is 0.305 e. The SMILES string of the molecule is Cc1[nH]c(=O)sc1S(=O)(=O)N1CCC(CCN)CC1. The zero-order valence-corrected chi connectivity index (χ0v) is 12.5. The molecule has 19 heavy (non-hydrogen) atoms. The molecule has 0 saturated carbocycles. The number of rotatable bonds is 4. The second kappa shape index (κ2) is 5.74. The predicted molar refractivity (Wildman–Crippen MR) is 74.8 cm³/mol. The first-order valence-electron chi connectivity index (χ1n) is 6.35. The van der Waals surface area contributed by atoms with E-state index in [1.807, 2.05) is 0 Å². The van der Waals surface area contributed by atoms with Gasteiger partial charge in [0.25, 0.3) is 10.0 Å². The van der Waals surface area contributed by atoms with E-state index < -0.39 is 10.0 Å². The second-order valence-corrected chi connectivity index (χ2v) is 7.97. The number of aromatic amines is 1. The van der Waals surface area contributed by atoms with Crippen molar-refractivity contribution < 1.29 is 8.42 Å². The van der Waals surface area contributed by atoms with E-state index in [-0.39, 0.29) is 9.08 Å². The van der Waals surface area contributed by atoms with Gasteiger partial charge in [-0.05, 0) is 38.6 Å². The normalized spacial score (nSPS) is 18.8. The number of piperidine rings is 1. The van der Waals surface area contributed by atoms with Crippen molar-refractivity contribution in [2.45, 2.75) is 30.4 Å². The van der Waals surface area contributed by atoms with Gasteiger partial charge in [0.1, 0.15) is 0 Å². The number of H-pyrrole nitrogens is 1. The minimum atomic E-state index is -3.52. The van der Waals surface area contributed by atoms with E-state index in [4.69, 9.17) is 5.73 Å². The molecule has 0 atom stereocenters. The smallest absolute Gasteiger partial charge is 0.305 e. The number of sulfonamides is 1. The second-order valence-electron chi connectivity index (χ2n) is 4.85. The zero-order valence-electron chi connectivity index (χ0n) is 10.9. The maximum absolute atomic E-state index is 12.4. The van der Waals surface area contributed by atoms with Crippen LogP contribution < -0.4 is 10.6 Å². The Hall–Kier alpha value is -0.700. The number of nitrogens with two attached hydrogens (primary N) is 1.